The van der Waals surface area contributed by atoms with Gasteiger partial charge in [0, 0.05) is 23.2 Å². The fourth-order valence-electron chi connectivity index (χ4n) is 2.77. The van der Waals surface area contributed by atoms with Gasteiger partial charge in [-0.25, -0.2) is 9.18 Å². The number of ether oxygens (including phenoxy) is 3. The second kappa shape index (κ2) is 9.23. The van der Waals surface area contributed by atoms with E-state index in [-0.39, 0.29) is 6.04 Å². The number of halogens is 1. The molecular weight excluding hydrogens is 377 g/mol. The fourth-order valence-corrected chi connectivity index (χ4v) is 2.77. The molecule has 2 aromatic carbocycles. The normalized spacial score (nSPS) is 14.3. The van der Waals surface area contributed by atoms with Crippen molar-refractivity contribution in [2.45, 2.75) is 25.0 Å². The molecule has 0 bridgehead atoms. The minimum absolute atomic E-state index is 0.0979. The molecule has 1 unspecified atom stereocenters. The molecule has 0 saturated heterocycles. The largest absolute Gasteiger partial charge is 0.493 e. The van der Waals surface area contributed by atoms with E-state index in [0.717, 1.165) is 12.8 Å². The predicted octanol–water partition coefficient (Wildman–Crippen LogP) is 3.42. The van der Waals surface area contributed by atoms with Gasteiger partial charge in [-0.1, -0.05) is 24.3 Å². The molecule has 6 nitrogen and oxygen atoms in total. The first-order valence-electron chi connectivity index (χ1n) is 9.17. The van der Waals surface area contributed by atoms with Crippen LogP contribution in [-0.2, 0) is 14.3 Å². The molecule has 1 amide bonds. The summed E-state index contributed by atoms with van der Waals surface area (Å²) < 4.78 is 29.2. The molecule has 152 valence electrons. The Hall–Kier alpha value is -3.35. The number of hydrogen-bond acceptors (Lipinski definition) is 5. The molecule has 0 aromatic heterocycles. The Labute approximate surface area is 168 Å². The highest BCUT2D eigenvalue weighted by Crippen LogP contribution is 2.31. The molecule has 0 heterocycles. The number of methoxy groups -OCH3 is 2. The van der Waals surface area contributed by atoms with E-state index in [9.17, 15) is 14.0 Å². The molecule has 0 radical (unpaired) electrons. The van der Waals surface area contributed by atoms with Crippen LogP contribution in [0.5, 0.6) is 11.5 Å². The van der Waals surface area contributed by atoms with Crippen molar-refractivity contribution >= 4 is 18.0 Å². The number of carbonyl (C=O) groups is 2. The average molecular weight is 399 g/mol. The Morgan fingerprint density at radius 1 is 1.10 bits per heavy atom. The summed E-state index contributed by atoms with van der Waals surface area (Å²) in [7, 11) is 3.02. The van der Waals surface area contributed by atoms with E-state index in [1.54, 1.807) is 18.2 Å². The predicted molar refractivity (Wildman–Crippen MR) is 105 cm³/mol. The van der Waals surface area contributed by atoms with Crippen molar-refractivity contribution in [3.63, 3.8) is 0 Å². The number of rotatable bonds is 8. The summed E-state index contributed by atoms with van der Waals surface area (Å²) >= 11 is 0. The average Bonchev–Trinajstić information content (AvgIpc) is 3.54. The first-order valence-corrected chi connectivity index (χ1v) is 9.17. The minimum atomic E-state index is -1.17. The summed E-state index contributed by atoms with van der Waals surface area (Å²) in [6, 6.07) is 10.6. The zero-order chi connectivity index (χ0) is 20.8. The number of amides is 1. The summed E-state index contributed by atoms with van der Waals surface area (Å²) in [5.41, 5.74) is 1.01. The number of esters is 1. The Balaban J connectivity index is 1.76. The number of nitrogens with one attached hydrogen (secondary N) is 1. The summed E-state index contributed by atoms with van der Waals surface area (Å²) in [6.45, 7) is 0. The van der Waals surface area contributed by atoms with Crippen LogP contribution in [0, 0.1) is 5.82 Å². The van der Waals surface area contributed by atoms with Crippen LogP contribution in [0.2, 0.25) is 0 Å². The van der Waals surface area contributed by atoms with Crippen LogP contribution in [0.4, 0.5) is 4.39 Å². The van der Waals surface area contributed by atoms with Crippen LogP contribution in [0.3, 0.4) is 0 Å². The molecule has 29 heavy (non-hydrogen) atoms. The highest BCUT2D eigenvalue weighted by atomic mass is 19.1. The second-order valence-electron chi connectivity index (χ2n) is 6.57. The van der Waals surface area contributed by atoms with Crippen molar-refractivity contribution in [3.05, 3.63) is 65.5 Å². The second-order valence-corrected chi connectivity index (χ2v) is 6.57. The van der Waals surface area contributed by atoms with Gasteiger partial charge in [-0.2, -0.15) is 0 Å². The maximum Gasteiger partial charge on any atom is 0.331 e. The monoisotopic (exact) mass is 399 g/mol. The lowest BCUT2D eigenvalue weighted by Crippen LogP contribution is -2.33. The Bertz CT molecular complexity index is 906. The molecule has 1 atom stereocenters. The SMILES string of the molecule is COc1cccc(/C=C/C(=O)OC(C(=O)NC2CC2)c2ccc(F)cc2)c1OC. The van der Waals surface area contributed by atoms with Crippen LogP contribution < -0.4 is 14.8 Å². The third-order valence-corrected chi connectivity index (χ3v) is 4.40. The van der Waals surface area contributed by atoms with Gasteiger partial charge in [0.15, 0.2) is 11.5 Å². The standard InChI is InChI=1S/C22H22FNO5/c1-27-18-5-3-4-14(20(18)28-2)8-13-19(25)29-21(22(26)24-17-11-12-17)15-6-9-16(23)10-7-15/h3-10,13,17,21H,11-12H2,1-2H3,(H,24,26)/b13-8+. The summed E-state index contributed by atoms with van der Waals surface area (Å²) in [6.07, 6.45) is 3.35. The molecule has 0 aliphatic heterocycles. The maximum atomic E-state index is 13.2. The Morgan fingerprint density at radius 3 is 2.45 bits per heavy atom. The zero-order valence-electron chi connectivity index (χ0n) is 16.2. The Morgan fingerprint density at radius 2 is 1.83 bits per heavy atom. The lowest BCUT2D eigenvalue weighted by atomic mass is 10.1. The van der Waals surface area contributed by atoms with Crippen LogP contribution in [0.1, 0.15) is 30.1 Å². The molecule has 7 heteroatoms. The van der Waals surface area contributed by atoms with Gasteiger partial charge in [0.05, 0.1) is 14.2 Å². The summed E-state index contributed by atoms with van der Waals surface area (Å²) in [4.78, 5) is 24.9. The van der Waals surface area contributed by atoms with Gasteiger partial charge in [0.2, 0.25) is 6.10 Å². The zero-order valence-corrected chi connectivity index (χ0v) is 16.2. The topological polar surface area (TPSA) is 73.9 Å². The van der Waals surface area contributed by atoms with Crippen LogP contribution in [-0.4, -0.2) is 32.1 Å². The van der Waals surface area contributed by atoms with Gasteiger partial charge >= 0.3 is 5.97 Å². The fraction of sp³-hybridized carbons (Fsp3) is 0.273. The van der Waals surface area contributed by atoms with E-state index in [1.807, 2.05) is 0 Å². The molecular formula is C22H22FNO5. The molecule has 3 rings (SSSR count). The van der Waals surface area contributed by atoms with E-state index in [4.69, 9.17) is 14.2 Å². The molecule has 1 saturated carbocycles. The molecule has 1 aliphatic rings. The third-order valence-electron chi connectivity index (χ3n) is 4.40. The number of benzene rings is 2. The molecule has 0 spiro atoms. The van der Waals surface area contributed by atoms with Gasteiger partial charge in [0.25, 0.3) is 5.91 Å². The minimum Gasteiger partial charge on any atom is -0.493 e. The van der Waals surface area contributed by atoms with E-state index >= 15 is 0 Å². The summed E-state index contributed by atoms with van der Waals surface area (Å²) in [5, 5.41) is 2.81. The van der Waals surface area contributed by atoms with Crippen molar-refractivity contribution < 1.29 is 28.2 Å². The molecule has 2 aromatic rings. The molecule has 1 fully saturated rings. The van der Waals surface area contributed by atoms with Crippen molar-refractivity contribution in [2.24, 2.45) is 0 Å². The van der Waals surface area contributed by atoms with Gasteiger partial charge < -0.3 is 19.5 Å². The molecule has 1 aliphatic carbocycles. The van der Waals surface area contributed by atoms with Gasteiger partial charge in [-0.3, -0.25) is 4.79 Å². The highest BCUT2D eigenvalue weighted by molar-refractivity contribution is 5.91. The van der Waals surface area contributed by atoms with Gasteiger partial charge in [-0.15, -0.1) is 0 Å². The van der Waals surface area contributed by atoms with Crippen molar-refractivity contribution in [2.75, 3.05) is 14.2 Å². The van der Waals surface area contributed by atoms with Crippen LogP contribution >= 0.6 is 0 Å². The van der Waals surface area contributed by atoms with Crippen LogP contribution in [0.15, 0.2) is 48.5 Å². The quantitative estimate of drug-likeness (QED) is 0.544. The van der Waals surface area contributed by atoms with E-state index < -0.39 is 23.8 Å². The van der Waals surface area contributed by atoms with Crippen molar-refractivity contribution in [3.8, 4) is 11.5 Å². The number of carbonyl (C=O) groups excluding carboxylic acids is 2. The van der Waals surface area contributed by atoms with Crippen molar-refractivity contribution in [1.29, 1.82) is 0 Å². The summed E-state index contributed by atoms with van der Waals surface area (Å²) in [5.74, 6) is -0.585. The van der Waals surface area contributed by atoms with E-state index in [1.165, 1.54) is 50.6 Å². The first-order chi connectivity index (χ1) is 14.0. The Kier molecular flexibility index (Phi) is 6.49. The number of para-hydroxylation sites is 1. The highest BCUT2D eigenvalue weighted by Gasteiger charge is 2.30. The maximum absolute atomic E-state index is 13.2. The lowest BCUT2D eigenvalue weighted by Gasteiger charge is -2.17. The lowest BCUT2D eigenvalue weighted by molar-refractivity contribution is -0.151. The number of hydrogen-bond donors (Lipinski definition) is 1. The van der Waals surface area contributed by atoms with E-state index in [0.29, 0.717) is 22.6 Å². The molecule has 1 N–H and O–H groups in total. The smallest absolute Gasteiger partial charge is 0.331 e. The van der Waals surface area contributed by atoms with Gasteiger partial charge in [0.1, 0.15) is 5.82 Å². The van der Waals surface area contributed by atoms with Crippen molar-refractivity contribution in [1.82, 2.24) is 5.32 Å². The van der Waals surface area contributed by atoms with Crippen LogP contribution in [0.25, 0.3) is 6.08 Å². The third kappa shape index (κ3) is 5.34. The first kappa shape index (κ1) is 20.4. The van der Waals surface area contributed by atoms with Gasteiger partial charge in [-0.05, 0) is 37.1 Å². The van der Waals surface area contributed by atoms with E-state index in [2.05, 4.69) is 5.32 Å².